The van der Waals surface area contributed by atoms with Crippen molar-refractivity contribution >= 4 is 41.4 Å². The van der Waals surface area contributed by atoms with E-state index in [9.17, 15) is 4.39 Å². The zero-order chi connectivity index (χ0) is 20.9. The van der Waals surface area contributed by atoms with Crippen LogP contribution in [0.15, 0.2) is 47.6 Å². The number of pyridine rings is 1. The monoisotopic (exact) mass is 526 g/mol. The number of hydrogen-bond donors (Lipinski definition) is 2. The number of nitrogens with one attached hydrogen (secondary N) is 2. The molecule has 0 bridgehead atoms. The van der Waals surface area contributed by atoms with E-state index in [1.807, 2.05) is 24.4 Å². The number of nitrogens with zero attached hydrogens (tertiary/aromatic N) is 4. The SMILES string of the molecule is CN=C(NCc1ccnc(N2CCN(c3ccc(F)cc3)CC2)c1)NC(C)(C)C.I. The van der Waals surface area contributed by atoms with Crippen molar-refractivity contribution in [1.82, 2.24) is 15.6 Å². The van der Waals surface area contributed by atoms with Gasteiger partial charge in [-0.05, 0) is 62.7 Å². The van der Waals surface area contributed by atoms with Gasteiger partial charge in [-0.2, -0.15) is 0 Å². The van der Waals surface area contributed by atoms with Crippen molar-refractivity contribution in [1.29, 1.82) is 0 Å². The minimum atomic E-state index is -0.198. The first-order chi connectivity index (χ1) is 13.8. The van der Waals surface area contributed by atoms with Crippen molar-refractivity contribution in [3.05, 3.63) is 54.0 Å². The number of hydrogen-bond acceptors (Lipinski definition) is 4. The lowest BCUT2D eigenvalue weighted by Crippen LogP contribution is -2.47. The van der Waals surface area contributed by atoms with Gasteiger partial charge >= 0.3 is 0 Å². The van der Waals surface area contributed by atoms with E-state index in [0.29, 0.717) is 6.54 Å². The number of anilines is 2. The Labute approximate surface area is 196 Å². The van der Waals surface area contributed by atoms with E-state index in [0.717, 1.165) is 49.2 Å². The molecule has 3 rings (SSSR count). The van der Waals surface area contributed by atoms with E-state index in [1.54, 1.807) is 7.05 Å². The first-order valence-corrected chi connectivity index (χ1v) is 10.0. The molecule has 0 amide bonds. The smallest absolute Gasteiger partial charge is 0.191 e. The molecule has 0 saturated carbocycles. The van der Waals surface area contributed by atoms with Gasteiger partial charge in [0.25, 0.3) is 0 Å². The molecule has 1 fully saturated rings. The van der Waals surface area contributed by atoms with Gasteiger partial charge in [0.15, 0.2) is 5.96 Å². The van der Waals surface area contributed by atoms with Crippen LogP contribution in [-0.2, 0) is 6.54 Å². The minimum absolute atomic E-state index is 0. The summed E-state index contributed by atoms with van der Waals surface area (Å²) in [5.41, 5.74) is 2.18. The molecule has 2 heterocycles. The van der Waals surface area contributed by atoms with Crippen LogP contribution in [0.1, 0.15) is 26.3 Å². The molecule has 8 heteroatoms. The van der Waals surface area contributed by atoms with Crippen LogP contribution in [-0.4, -0.2) is 49.7 Å². The van der Waals surface area contributed by atoms with E-state index in [2.05, 4.69) is 57.2 Å². The summed E-state index contributed by atoms with van der Waals surface area (Å²) >= 11 is 0. The van der Waals surface area contributed by atoms with Gasteiger partial charge in [0.2, 0.25) is 0 Å². The predicted octanol–water partition coefficient (Wildman–Crippen LogP) is 3.63. The van der Waals surface area contributed by atoms with Crippen LogP contribution < -0.4 is 20.4 Å². The van der Waals surface area contributed by atoms with Crippen LogP contribution in [0, 0.1) is 5.82 Å². The molecule has 1 aromatic heterocycles. The molecule has 1 saturated heterocycles. The van der Waals surface area contributed by atoms with Gasteiger partial charge in [0, 0.05) is 57.2 Å². The number of rotatable bonds is 4. The second kappa shape index (κ2) is 10.8. The topological polar surface area (TPSA) is 55.8 Å². The quantitative estimate of drug-likeness (QED) is 0.362. The maximum atomic E-state index is 13.1. The Bertz CT molecular complexity index is 826. The molecule has 0 unspecified atom stereocenters. The van der Waals surface area contributed by atoms with Crippen molar-refractivity contribution in [2.24, 2.45) is 4.99 Å². The Hall–Kier alpha value is -2.10. The summed E-state index contributed by atoms with van der Waals surface area (Å²) in [5.74, 6) is 1.57. The number of halogens is 2. The van der Waals surface area contributed by atoms with Gasteiger partial charge in [-0.1, -0.05) is 0 Å². The summed E-state index contributed by atoms with van der Waals surface area (Å²) in [6, 6.07) is 10.9. The normalized spacial score (nSPS) is 14.9. The Kier molecular flexibility index (Phi) is 8.69. The Morgan fingerprint density at radius 2 is 1.70 bits per heavy atom. The van der Waals surface area contributed by atoms with Crippen molar-refractivity contribution < 1.29 is 4.39 Å². The number of piperazine rings is 1. The van der Waals surface area contributed by atoms with E-state index in [1.165, 1.54) is 12.1 Å². The van der Waals surface area contributed by atoms with Crippen LogP contribution in [0.4, 0.5) is 15.9 Å². The van der Waals surface area contributed by atoms with Gasteiger partial charge < -0.3 is 20.4 Å². The fraction of sp³-hybridized carbons (Fsp3) is 0.455. The highest BCUT2D eigenvalue weighted by Crippen LogP contribution is 2.20. The number of aliphatic imine (C=N–C) groups is 1. The maximum Gasteiger partial charge on any atom is 0.191 e. The summed E-state index contributed by atoms with van der Waals surface area (Å²) in [5, 5.41) is 6.72. The average molecular weight is 526 g/mol. The number of benzene rings is 1. The van der Waals surface area contributed by atoms with Gasteiger partial charge in [0.05, 0.1) is 0 Å². The van der Waals surface area contributed by atoms with Crippen LogP contribution in [0.5, 0.6) is 0 Å². The Balaban J connectivity index is 0.00000320. The molecule has 0 atom stereocenters. The fourth-order valence-corrected chi connectivity index (χ4v) is 3.31. The molecule has 30 heavy (non-hydrogen) atoms. The van der Waals surface area contributed by atoms with Crippen LogP contribution in [0.3, 0.4) is 0 Å². The van der Waals surface area contributed by atoms with Crippen molar-refractivity contribution in [3.63, 3.8) is 0 Å². The number of aromatic nitrogens is 1. The molecule has 164 valence electrons. The van der Waals surface area contributed by atoms with E-state index in [4.69, 9.17) is 0 Å². The molecular formula is C22H32FIN6. The second-order valence-electron chi connectivity index (χ2n) is 8.27. The Morgan fingerprint density at radius 1 is 1.07 bits per heavy atom. The van der Waals surface area contributed by atoms with Gasteiger partial charge in [0.1, 0.15) is 11.6 Å². The lowest BCUT2D eigenvalue weighted by Gasteiger charge is -2.36. The third-order valence-corrected chi connectivity index (χ3v) is 4.78. The molecular weight excluding hydrogens is 494 g/mol. The summed E-state index contributed by atoms with van der Waals surface area (Å²) in [6.45, 7) is 10.5. The summed E-state index contributed by atoms with van der Waals surface area (Å²) in [4.78, 5) is 13.4. The largest absolute Gasteiger partial charge is 0.368 e. The average Bonchev–Trinajstić information content (AvgIpc) is 2.71. The van der Waals surface area contributed by atoms with E-state index in [-0.39, 0.29) is 35.3 Å². The molecule has 1 aliphatic heterocycles. The number of guanidine groups is 1. The second-order valence-corrected chi connectivity index (χ2v) is 8.27. The zero-order valence-electron chi connectivity index (χ0n) is 18.2. The molecule has 2 N–H and O–H groups in total. The lowest BCUT2D eigenvalue weighted by atomic mass is 10.1. The van der Waals surface area contributed by atoms with Crippen molar-refractivity contribution in [2.75, 3.05) is 43.0 Å². The first-order valence-electron chi connectivity index (χ1n) is 10.0. The van der Waals surface area contributed by atoms with Gasteiger partial charge in [-0.3, -0.25) is 4.99 Å². The lowest BCUT2D eigenvalue weighted by molar-refractivity contribution is 0.501. The molecule has 0 radical (unpaired) electrons. The highest BCUT2D eigenvalue weighted by molar-refractivity contribution is 14.0. The standard InChI is InChI=1S/C22H31FN6.HI/c1-22(2,3)27-21(24-4)26-16-17-9-10-25-20(15-17)29-13-11-28(12-14-29)19-7-5-18(23)6-8-19;/h5-10,15H,11-14,16H2,1-4H3,(H2,24,26,27);1H. The third-order valence-electron chi connectivity index (χ3n) is 4.78. The van der Waals surface area contributed by atoms with Crippen LogP contribution in [0.25, 0.3) is 0 Å². The molecule has 0 aliphatic carbocycles. The first kappa shape index (κ1) is 24.2. The fourth-order valence-electron chi connectivity index (χ4n) is 3.31. The summed E-state index contributed by atoms with van der Waals surface area (Å²) in [6.07, 6.45) is 1.86. The minimum Gasteiger partial charge on any atom is -0.368 e. The highest BCUT2D eigenvalue weighted by Gasteiger charge is 2.19. The molecule has 1 aromatic carbocycles. The van der Waals surface area contributed by atoms with Crippen LogP contribution >= 0.6 is 24.0 Å². The summed E-state index contributed by atoms with van der Waals surface area (Å²) < 4.78 is 13.1. The van der Waals surface area contributed by atoms with Gasteiger partial charge in [-0.25, -0.2) is 9.37 Å². The van der Waals surface area contributed by atoms with Gasteiger partial charge in [-0.15, -0.1) is 24.0 Å². The van der Waals surface area contributed by atoms with Crippen molar-refractivity contribution in [3.8, 4) is 0 Å². The molecule has 1 aliphatic rings. The zero-order valence-corrected chi connectivity index (χ0v) is 20.5. The predicted molar refractivity (Wildman–Crippen MR) is 134 cm³/mol. The van der Waals surface area contributed by atoms with Crippen LogP contribution in [0.2, 0.25) is 0 Å². The summed E-state index contributed by atoms with van der Waals surface area (Å²) in [7, 11) is 1.78. The highest BCUT2D eigenvalue weighted by atomic mass is 127. The maximum absolute atomic E-state index is 13.1. The molecule has 2 aromatic rings. The third kappa shape index (κ3) is 7.00. The molecule has 0 spiro atoms. The van der Waals surface area contributed by atoms with Crippen molar-refractivity contribution in [2.45, 2.75) is 32.9 Å². The molecule has 6 nitrogen and oxygen atoms in total. The van der Waals surface area contributed by atoms with E-state index < -0.39 is 0 Å². The van der Waals surface area contributed by atoms with E-state index >= 15 is 0 Å². The Morgan fingerprint density at radius 3 is 2.30 bits per heavy atom.